The molecule has 1 atom stereocenters. The number of ether oxygens (including phenoxy) is 2. The van der Waals surface area contributed by atoms with Crippen molar-refractivity contribution in [3.8, 4) is 5.75 Å². The van der Waals surface area contributed by atoms with Gasteiger partial charge in [0.25, 0.3) is 5.91 Å². The number of carbonyl (C=O) groups is 2. The Hall–Kier alpha value is -1.76. The van der Waals surface area contributed by atoms with Crippen LogP contribution >= 0.6 is 34.5 Å². The standard InChI is InChI=1S/C22H25Cl2NO4S/c1-12(2)28-22(27)19-15-7-5-4-6-8-18(15)30-21(19)25-20(26)13(3)29-17-10-9-14(23)11-16(17)24/h9-13H,4-8H2,1-3H3,(H,25,26). The Morgan fingerprint density at radius 3 is 2.53 bits per heavy atom. The normalized spacial score (nSPS) is 14.6. The molecule has 0 fully saturated rings. The quantitative estimate of drug-likeness (QED) is 0.398. The highest BCUT2D eigenvalue weighted by molar-refractivity contribution is 7.17. The van der Waals surface area contributed by atoms with Crippen molar-refractivity contribution < 1.29 is 19.1 Å². The molecule has 0 bridgehead atoms. The van der Waals surface area contributed by atoms with Crippen LogP contribution in [0.1, 0.15) is 60.8 Å². The molecule has 0 spiro atoms. The van der Waals surface area contributed by atoms with Gasteiger partial charge < -0.3 is 14.8 Å². The number of benzene rings is 1. The Morgan fingerprint density at radius 1 is 1.10 bits per heavy atom. The molecule has 1 unspecified atom stereocenters. The van der Waals surface area contributed by atoms with E-state index in [4.69, 9.17) is 32.7 Å². The first-order valence-electron chi connectivity index (χ1n) is 10.0. The summed E-state index contributed by atoms with van der Waals surface area (Å²) in [7, 11) is 0. The lowest BCUT2D eigenvalue weighted by Gasteiger charge is -2.16. The van der Waals surface area contributed by atoms with Crippen LogP contribution in [0.15, 0.2) is 18.2 Å². The number of hydrogen-bond acceptors (Lipinski definition) is 5. The molecule has 2 aromatic rings. The molecule has 3 rings (SSSR count). The third-order valence-electron chi connectivity index (χ3n) is 4.77. The van der Waals surface area contributed by atoms with E-state index in [9.17, 15) is 9.59 Å². The Balaban J connectivity index is 1.82. The van der Waals surface area contributed by atoms with Gasteiger partial charge in [-0.3, -0.25) is 4.79 Å². The van der Waals surface area contributed by atoms with E-state index in [2.05, 4.69) is 5.32 Å². The lowest BCUT2D eigenvalue weighted by Crippen LogP contribution is -2.30. The summed E-state index contributed by atoms with van der Waals surface area (Å²) in [5.41, 5.74) is 1.49. The first-order valence-corrected chi connectivity index (χ1v) is 11.6. The van der Waals surface area contributed by atoms with E-state index in [0.717, 1.165) is 42.5 Å². The van der Waals surface area contributed by atoms with E-state index < -0.39 is 12.1 Å². The number of carbonyl (C=O) groups excluding carboxylic acids is 2. The van der Waals surface area contributed by atoms with E-state index in [0.29, 0.717) is 26.4 Å². The second-order valence-electron chi connectivity index (χ2n) is 7.55. The van der Waals surface area contributed by atoms with Gasteiger partial charge in [-0.15, -0.1) is 11.3 Å². The second kappa shape index (κ2) is 10.0. The van der Waals surface area contributed by atoms with Crippen molar-refractivity contribution in [3.05, 3.63) is 44.2 Å². The fourth-order valence-corrected chi connectivity index (χ4v) is 5.08. The molecule has 30 heavy (non-hydrogen) atoms. The zero-order valence-corrected chi connectivity index (χ0v) is 19.5. The highest BCUT2D eigenvalue weighted by atomic mass is 35.5. The predicted molar refractivity (Wildman–Crippen MR) is 121 cm³/mol. The van der Waals surface area contributed by atoms with Gasteiger partial charge in [0.15, 0.2) is 6.10 Å². The van der Waals surface area contributed by atoms with Gasteiger partial charge >= 0.3 is 5.97 Å². The molecule has 1 aliphatic rings. The van der Waals surface area contributed by atoms with Crippen molar-refractivity contribution in [2.24, 2.45) is 0 Å². The molecular formula is C22H25Cl2NO4S. The topological polar surface area (TPSA) is 64.6 Å². The lowest BCUT2D eigenvalue weighted by atomic mass is 10.1. The fourth-order valence-electron chi connectivity index (χ4n) is 3.35. The zero-order valence-electron chi connectivity index (χ0n) is 17.2. The van der Waals surface area contributed by atoms with Gasteiger partial charge in [-0.05, 0) is 70.2 Å². The molecule has 5 nitrogen and oxygen atoms in total. The molecule has 162 valence electrons. The smallest absolute Gasteiger partial charge is 0.341 e. The van der Waals surface area contributed by atoms with E-state index >= 15 is 0 Å². The van der Waals surface area contributed by atoms with Gasteiger partial charge in [-0.1, -0.05) is 29.6 Å². The van der Waals surface area contributed by atoms with Crippen molar-refractivity contribution in [2.45, 2.75) is 65.1 Å². The van der Waals surface area contributed by atoms with Gasteiger partial charge in [0.2, 0.25) is 0 Å². The van der Waals surface area contributed by atoms with Crippen LogP contribution in [0.3, 0.4) is 0 Å². The highest BCUT2D eigenvalue weighted by Gasteiger charge is 2.28. The van der Waals surface area contributed by atoms with Crippen LogP contribution in [-0.4, -0.2) is 24.1 Å². The van der Waals surface area contributed by atoms with Gasteiger partial charge in [-0.2, -0.15) is 0 Å². The third kappa shape index (κ3) is 5.48. The number of anilines is 1. The van der Waals surface area contributed by atoms with Crippen molar-refractivity contribution >= 4 is 51.4 Å². The highest BCUT2D eigenvalue weighted by Crippen LogP contribution is 2.38. The molecule has 8 heteroatoms. The van der Waals surface area contributed by atoms with E-state index in [1.54, 1.807) is 25.1 Å². The van der Waals surface area contributed by atoms with Crippen molar-refractivity contribution in [1.29, 1.82) is 0 Å². The number of thiophene rings is 1. The molecule has 1 heterocycles. The molecular weight excluding hydrogens is 445 g/mol. The largest absolute Gasteiger partial charge is 0.479 e. The van der Waals surface area contributed by atoms with Gasteiger partial charge in [0.05, 0.1) is 16.7 Å². The lowest BCUT2D eigenvalue weighted by molar-refractivity contribution is -0.122. The minimum Gasteiger partial charge on any atom is -0.479 e. The van der Waals surface area contributed by atoms with Crippen LogP contribution in [0, 0.1) is 0 Å². The number of hydrogen-bond donors (Lipinski definition) is 1. The number of rotatable bonds is 6. The maximum atomic E-state index is 12.8. The molecule has 0 saturated carbocycles. The van der Waals surface area contributed by atoms with Gasteiger partial charge in [0, 0.05) is 9.90 Å². The molecule has 1 amide bonds. The number of aryl methyl sites for hydroxylation is 1. The van der Waals surface area contributed by atoms with Crippen LogP contribution in [0.2, 0.25) is 10.0 Å². The zero-order chi connectivity index (χ0) is 21.8. The van der Waals surface area contributed by atoms with Crippen molar-refractivity contribution in [3.63, 3.8) is 0 Å². The minimum atomic E-state index is -0.820. The van der Waals surface area contributed by atoms with Crippen LogP contribution in [0.25, 0.3) is 0 Å². The van der Waals surface area contributed by atoms with E-state index in [1.807, 2.05) is 13.8 Å². The Labute approximate surface area is 190 Å². The summed E-state index contributed by atoms with van der Waals surface area (Å²) in [6.45, 7) is 5.25. The molecule has 0 aliphatic heterocycles. The summed E-state index contributed by atoms with van der Waals surface area (Å²) in [6, 6.07) is 4.82. The molecule has 1 N–H and O–H groups in total. The summed E-state index contributed by atoms with van der Waals surface area (Å²) in [5, 5.41) is 4.21. The van der Waals surface area contributed by atoms with Crippen molar-refractivity contribution in [1.82, 2.24) is 0 Å². The Bertz CT molecular complexity index is 941. The van der Waals surface area contributed by atoms with E-state index in [-0.39, 0.29) is 12.0 Å². The number of nitrogens with one attached hydrogen (secondary N) is 1. The second-order valence-corrected chi connectivity index (χ2v) is 9.50. The van der Waals surface area contributed by atoms with Crippen LogP contribution in [0.5, 0.6) is 5.75 Å². The average Bonchev–Trinajstić information content (AvgIpc) is 2.84. The third-order valence-corrected chi connectivity index (χ3v) is 6.51. The van der Waals surface area contributed by atoms with Crippen LogP contribution < -0.4 is 10.1 Å². The maximum Gasteiger partial charge on any atom is 0.341 e. The van der Waals surface area contributed by atoms with Crippen LogP contribution in [0.4, 0.5) is 5.00 Å². The summed E-state index contributed by atoms with van der Waals surface area (Å²) < 4.78 is 11.2. The van der Waals surface area contributed by atoms with E-state index in [1.165, 1.54) is 11.3 Å². The molecule has 1 aliphatic carbocycles. The van der Waals surface area contributed by atoms with Gasteiger partial charge in [0.1, 0.15) is 10.8 Å². The molecule has 1 aromatic carbocycles. The predicted octanol–water partition coefficient (Wildman–Crippen LogP) is 6.30. The number of esters is 1. The number of fused-ring (bicyclic) bond motifs is 1. The molecule has 0 saturated heterocycles. The minimum absolute atomic E-state index is 0.239. The van der Waals surface area contributed by atoms with Gasteiger partial charge in [-0.25, -0.2) is 4.79 Å². The monoisotopic (exact) mass is 469 g/mol. The van der Waals surface area contributed by atoms with Crippen molar-refractivity contribution in [2.75, 3.05) is 5.32 Å². The first kappa shape index (κ1) is 22.9. The average molecular weight is 470 g/mol. The molecule has 0 radical (unpaired) electrons. The summed E-state index contributed by atoms with van der Waals surface area (Å²) >= 11 is 13.5. The summed E-state index contributed by atoms with van der Waals surface area (Å²) in [5.74, 6) is -0.393. The Morgan fingerprint density at radius 2 is 1.83 bits per heavy atom. The number of amides is 1. The fraction of sp³-hybridized carbons (Fsp3) is 0.455. The Kier molecular flexibility index (Phi) is 7.66. The first-order chi connectivity index (χ1) is 14.3. The summed E-state index contributed by atoms with van der Waals surface area (Å²) in [4.78, 5) is 26.8. The molecule has 1 aromatic heterocycles. The number of halogens is 2. The summed E-state index contributed by atoms with van der Waals surface area (Å²) in [6.07, 6.45) is 3.90. The maximum absolute atomic E-state index is 12.8. The van der Waals surface area contributed by atoms with Crippen LogP contribution in [-0.2, 0) is 22.4 Å². The SMILES string of the molecule is CC(C)OC(=O)c1c(NC(=O)C(C)Oc2ccc(Cl)cc2Cl)sc2c1CCCCC2.